The van der Waals surface area contributed by atoms with E-state index in [2.05, 4.69) is 63.1 Å². The van der Waals surface area contributed by atoms with Gasteiger partial charge in [-0.2, -0.15) is 4.31 Å². The van der Waals surface area contributed by atoms with Crippen LogP contribution in [0, 0.1) is 5.41 Å². The van der Waals surface area contributed by atoms with E-state index in [9.17, 15) is 17.7 Å². The van der Waals surface area contributed by atoms with Crippen molar-refractivity contribution < 1.29 is 22.2 Å². The quantitative estimate of drug-likeness (QED) is 0.310. The van der Waals surface area contributed by atoms with E-state index in [0.29, 0.717) is 0 Å². The number of furan rings is 1. The molecule has 15 heteroatoms. The fraction of sp³-hybridized carbons (Fsp3) is 0.643. The minimum atomic E-state index is -3.83. The Labute approximate surface area is 261 Å². The van der Waals surface area contributed by atoms with E-state index in [1.807, 2.05) is 0 Å². The van der Waals surface area contributed by atoms with Gasteiger partial charge < -0.3 is 30.0 Å². The van der Waals surface area contributed by atoms with E-state index in [1.54, 1.807) is 6.26 Å². The largest absolute Gasteiger partial charge is 0.504 e. The summed E-state index contributed by atoms with van der Waals surface area (Å²) in [6.45, 7) is 11.8. The van der Waals surface area contributed by atoms with Gasteiger partial charge in [0.15, 0.2) is 21.6 Å². The molecule has 238 valence electrons. The van der Waals surface area contributed by atoms with Gasteiger partial charge in [-0.05, 0) is 62.7 Å². The van der Waals surface area contributed by atoms with Gasteiger partial charge in [-0.25, -0.2) is 12.6 Å². The highest BCUT2D eigenvalue weighted by atomic mass is 32.2. The second-order valence-corrected chi connectivity index (χ2v) is 16.6. The Morgan fingerprint density at radius 3 is 2.56 bits per heavy atom. The highest BCUT2D eigenvalue weighted by molar-refractivity contribution is 7.91. The molecule has 0 spiro atoms. The average molecular weight is 654 g/mol. The minimum Gasteiger partial charge on any atom is -0.504 e. The number of nitrogens with one attached hydrogen (secondary N) is 2. The Bertz CT molecular complexity index is 1480. The zero-order valence-corrected chi connectivity index (χ0v) is 27.9. The van der Waals surface area contributed by atoms with Crippen molar-refractivity contribution >= 4 is 49.9 Å². The number of likely N-dealkylation sites (N-methyl/N-ethyl adjacent to an activating group) is 1. The van der Waals surface area contributed by atoms with Gasteiger partial charge in [-0.3, -0.25) is 0 Å². The van der Waals surface area contributed by atoms with Crippen LogP contribution in [0.1, 0.15) is 63.8 Å². The van der Waals surface area contributed by atoms with Crippen LogP contribution in [-0.2, 0) is 27.6 Å². The Hall–Kier alpha value is -2.30. The van der Waals surface area contributed by atoms with Crippen LogP contribution < -0.4 is 10.6 Å². The summed E-state index contributed by atoms with van der Waals surface area (Å²) in [7, 11) is -0.134. The van der Waals surface area contributed by atoms with Gasteiger partial charge in [0.25, 0.3) is 21.2 Å². The first kappa shape index (κ1) is 32.1. The van der Waals surface area contributed by atoms with Crippen molar-refractivity contribution in [3.63, 3.8) is 0 Å². The van der Waals surface area contributed by atoms with Crippen molar-refractivity contribution in [3.8, 4) is 5.75 Å². The molecule has 1 saturated heterocycles. The molecular weight excluding hydrogens is 611 g/mol. The maximum absolute atomic E-state index is 13.0. The summed E-state index contributed by atoms with van der Waals surface area (Å²) in [6, 6.07) is 1.70. The summed E-state index contributed by atoms with van der Waals surface area (Å²) in [4.78, 5) is 4.90. The van der Waals surface area contributed by atoms with Gasteiger partial charge in [0.2, 0.25) is 0 Å². The Kier molecular flexibility index (Phi) is 9.69. The molecular formula is C28H43N7O5S3. The van der Waals surface area contributed by atoms with Crippen LogP contribution in [0.15, 0.2) is 35.1 Å². The van der Waals surface area contributed by atoms with E-state index in [0.717, 1.165) is 87.5 Å². The van der Waals surface area contributed by atoms with Crippen LogP contribution in [0.5, 0.6) is 5.75 Å². The fourth-order valence-electron chi connectivity index (χ4n) is 5.20. The second kappa shape index (κ2) is 13.0. The van der Waals surface area contributed by atoms with Gasteiger partial charge in [0, 0.05) is 44.6 Å². The van der Waals surface area contributed by atoms with Crippen molar-refractivity contribution in [2.45, 2.75) is 69.2 Å². The Balaban J connectivity index is 1.23. The number of amidine groups is 2. The monoisotopic (exact) mass is 653 g/mol. The summed E-state index contributed by atoms with van der Waals surface area (Å²) in [6.07, 6.45) is 6.55. The zero-order valence-electron chi connectivity index (χ0n) is 25.5. The molecule has 0 radical (unpaired) electrons. The molecule has 1 unspecified atom stereocenters. The lowest BCUT2D eigenvalue weighted by molar-refractivity contribution is 0.152. The number of anilines is 1. The molecule has 43 heavy (non-hydrogen) atoms. The number of hydrogen-bond donors (Lipinski definition) is 3. The molecule has 3 aliphatic rings. The predicted molar refractivity (Wildman–Crippen MR) is 172 cm³/mol. The Morgan fingerprint density at radius 2 is 1.88 bits per heavy atom. The van der Waals surface area contributed by atoms with E-state index in [-0.39, 0.29) is 39.1 Å². The maximum Gasteiger partial charge on any atom is 0.269 e. The van der Waals surface area contributed by atoms with Crippen LogP contribution in [-0.4, -0.2) is 96.4 Å². The second-order valence-electron chi connectivity index (χ2n) is 12.7. The number of sulfonamides is 1. The van der Waals surface area contributed by atoms with Gasteiger partial charge >= 0.3 is 0 Å². The predicted octanol–water partition coefficient (Wildman–Crippen LogP) is 3.58. The van der Waals surface area contributed by atoms with Crippen LogP contribution in [0.2, 0.25) is 0 Å². The molecule has 2 atom stereocenters. The third-order valence-electron chi connectivity index (χ3n) is 8.11. The normalized spacial score (nSPS) is 21.2. The molecule has 4 heterocycles. The third-order valence-corrected chi connectivity index (χ3v) is 12.2. The summed E-state index contributed by atoms with van der Waals surface area (Å²) in [5, 5.41) is 18.6. The number of unbranched alkanes of at least 4 members (excludes halogenated alkanes) is 1. The third kappa shape index (κ3) is 7.68. The molecule has 0 bridgehead atoms. The first-order valence-corrected chi connectivity index (χ1v) is 18.1. The van der Waals surface area contributed by atoms with Crippen molar-refractivity contribution in [1.82, 2.24) is 19.4 Å². The zero-order chi connectivity index (χ0) is 30.9. The topological polar surface area (TPSA) is 143 Å². The van der Waals surface area contributed by atoms with Crippen molar-refractivity contribution in [2.75, 3.05) is 52.1 Å². The van der Waals surface area contributed by atoms with E-state index >= 15 is 0 Å². The number of rotatable bonds is 11. The number of piperazine rings is 1. The lowest BCUT2D eigenvalue weighted by atomic mass is 9.85. The number of nitrogens with zero attached hydrogens (tertiary/aromatic N) is 5. The van der Waals surface area contributed by atoms with Crippen LogP contribution in [0.3, 0.4) is 0 Å². The summed E-state index contributed by atoms with van der Waals surface area (Å²) in [5.74, 6) is 0.730. The minimum absolute atomic E-state index is 0.0361. The fourth-order valence-corrected chi connectivity index (χ4v) is 8.65. The lowest BCUT2D eigenvalue weighted by Crippen LogP contribution is -2.44. The molecule has 1 saturated carbocycles. The standard InChI is InChI=1S/C28H43N7O5S3/c1-28(2,3)24(22-16-19(17-40-22)8-6-7-11-35-14-12-33(4)13-15-35)30-26-25(31-42(37)32-26)29-21-18-41-27(23(21)36)43(38,39)34(5)20-9-10-20/h16-18,20,24,36H,6-15H2,1-5H3,(H,29,31)(H,30,32)/t24-,42?/m0/s1. The highest BCUT2D eigenvalue weighted by Crippen LogP contribution is 2.41. The number of thiophene rings is 1. The molecule has 12 nitrogen and oxygen atoms in total. The van der Waals surface area contributed by atoms with Gasteiger partial charge in [-0.15, -0.1) is 20.1 Å². The maximum atomic E-state index is 13.0. The smallest absolute Gasteiger partial charge is 0.269 e. The molecule has 0 aromatic carbocycles. The van der Waals surface area contributed by atoms with Crippen LogP contribution in [0.4, 0.5) is 5.69 Å². The highest BCUT2D eigenvalue weighted by Gasteiger charge is 2.38. The summed E-state index contributed by atoms with van der Waals surface area (Å²) in [5.41, 5.74) is 0.971. The average Bonchev–Trinajstić information content (AvgIpc) is 3.43. The number of hydrogen-bond acceptors (Lipinski definition) is 10. The van der Waals surface area contributed by atoms with Crippen LogP contribution >= 0.6 is 11.3 Å². The first-order valence-electron chi connectivity index (χ1n) is 14.7. The molecule has 3 N–H and O–H groups in total. The van der Waals surface area contributed by atoms with Gasteiger partial charge in [0.05, 0.1) is 18.0 Å². The molecule has 1 aliphatic carbocycles. The molecule has 0 amide bonds. The van der Waals surface area contributed by atoms with Crippen LogP contribution in [0.25, 0.3) is 0 Å². The Morgan fingerprint density at radius 1 is 1.19 bits per heavy atom. The number of aryl methyl sites for hydroxylation is 1. The summed E-state index contributed by atoms with van der Waals surface area (Å²) >= 11 is -0.951. The van der Waals surface area contributed by atoms with E-state index < -0.39 is 26.9 Å². The first-order chi connectivity index (χ1) is 20.3. The molecule has 2 aliphatic heterocycles. The van der Waals surface area contributed by atoms with Gasteiger partial charge in [0.1, 0.15) is 5.76 Å². The number of aromatic hydroxyl groups is 1. The molecule has 5 rings (SSSR count). The van der Waals surface area contributed by atoms with Crippen molar-refractivity contribution in [3.05, 3.63) is 29.0 Å². The van der Waals surface area contributed by atoms with E-state index in [1.165, 1.54) is 16.7 Å². The molecule has 2 aromatic rings. The summed E-state index contributed by atoms with van der Waals surface area (Å²) < 4.78 is 53.8. The van der Waals surface area contributed by atoms with Gasteiger partial charge in [-0.1, -0.05) is 20.8 Å². The SMILES string of the molecule is CN1CCN(CCCCc2coc([C@H](NC3=NS(=O)N=C3Nc3csc(S(=O)(=O)N(C)C4CC4)c3O)C(C)(C)C)c2)CC1. The van der Waals surface area contributed by atoms with Crippen molar-refractivity contribution in [2.24, 2.45) is 14.2 Å². The molecule has 2 aromatic heterocycles. The lowest BCUT2D eigenvalue weighted by Gasteiger charge is -2.32. The van der Waals surface area contributed by atoms with Crippen molar-refractivity contribution in [1.29, 1.82) is 0 Å². The molecule has 2 fully saturated rings. The van der Waals surface area contributed by atoms with E-state index in [4.69, 9.17) is 4.42 Å².